The molecule has 0 radical (unpaired) electrons. The van der Waals surface area contributed by atoms with Gasteiger partial charge in [0.05, 0.1) is 47.7 Å². The Labute approximate surface area is 221 Å². The van der Waals surface area contributed by atoms with Crippen LogP contribution in [0.15, 0.2) is 66.7 Å². The molecule has 11 nitrogen and oxygen atoms in total. The van der Waals surface area contributed by atoms with E-state index in [-0.39, 0.29) is 23.2 Å². The number of hydrogen-bond acceptors (Lipinski definition) is 9. The minimum absolute atomic E-state index is 0.0276. The molecule has 1 saturated carbocycles. The molecule has 0 aliphatic heterocycles. The summed E-state index contributed by atoms with van der Waals surface area (Å²) in [5, 5.41) is 5.93. The normalized spacial score (nSPS) is 14.4. The van der Waals surface area contributed by atoms with Crippen LogP contribution in [-0.2, 0) is 16.1 Å². The zero-order valence-electron chi connectivity index (χ0n) is 20.6. The molecule has 1 amide bonds. The van der Waals surface area contributed by atoms with E-state index in [1.165, 1.54) is 20.3 Å². The molecule has 1 unspecified atom stereocenters. The summed E-state index contributed by atoms with van der Waals surface area (Å²) in [6.07, 6.45) is 1.21. The standard InChI is InChI=1S/C26H26N6O5S/c1-36-19-13-17(14-20(15-19)37-2)28-23-24(31-22-9-4-3-8-21(22)30-23)32(38(34)35)18-7-5-6-16(12-18)29-25(33)26(27)10-11-26/h3-9,12-15H,10-11,27H2,1-2H3,(H,28,30)(H,29,33)(H,34,35)/p-1. The Kier molecular flexibility index (Phi) is 6.85. The number of nitrogens with two attached hydrogens (primary N) is 1. The summed E-state index contributed by atoms with van der Waals surface area (Å²) in [7, 11) is 3.06. The number of benzene rings is 3. The number of methoxy groups -OCH3 is 2. The predicted octanol–water partition coefficient (Wildman–Crippen LogP) is 3.75. The van der Waals surface area contributed by atoms with Gasteiger partial charge < -0.3 is 30.4 Å². The fourth-order valence-corrected chi connectivity index (χ4v) is 4.39. The Hall–Kier alpha value is -4.26. The molecular formula is C26H25N6O5S-. The molecule has 4 aromatic rings. The number of carbonyl (C=O) groups is 1. The van der Waals surface area contributed by atoms with Crippen molar-refractivity contribution in [1.29, 1.82) is 0 Å². The van der Waals surface area contributed by atoms with E-state index in [2.05, 4.69) is 20.6 Å². The molecule has 0 spiro atoms. The van der Waals surface area contributed by atoms with E-state index < -0.39 is 16.8 Å². The Balaban J connectivity index is 1.59. The monoisotopic (exact) mass is 533 g/mol. The first kappa shape index (κ1) is 25.4. The highest BCUT2D eigenvalue weighted by atomic mass is 32.2. The van der Waals surface area contributed by atoms with Crippen LogP contribution in [-0.4, -0.2) is 44.4 Å². The van der Waals surface area contributed by atoms with Crippen molar-refractivity contribution in [2.24, 2.45) is 5.73 Å². The topological polar surface area (TPSA) is 155 Å². The maximum absolute atomic E-state index is 12.6. The van der Waals surface area contributed by atoms with Crippen LogP contribution in [0.3, 0.4) is 0 Å². The van der Waals surface area contributed by atoms with Crippen LogP contribution >= 0.6 is 0 Å². The number of para-hydroxylation sites is 2. The quantitative estimate of drug-likeness (QED) is 0.273. The molecule has 12 heteroatoms. The van der Waals surface area contributed by atoms with Crippen molar-refractivity contribution in [3.8, 4) is 11.5 Å². The van der Waals surface area contributed by atoms with E-state index in [0.717, 1.165) is 4.31 Å². The van der Waals surface area contributed by atoms with Crippen LogP contribution in [0.5, 0.6) is 11.5 Å². The molecule has 1 aromatic heterocycles. The molecule has 0 bridgehead atoms. The van der Waals surface area contributed by atoms with Gasteiger partial charge in [0.15, 0.2) is 11.6 Å². The molecule has 5 rings (SSSR count). The zero-order valence-corrected chi connectivity index (χ0v) is 21.5. The number of amides is 1. The van der Waals surface area contributed by atoms with Crippen LogP contribution < -0.4 is 30.1 Å². The van der Waals surface area contributed by atoms with Crippen molar-refractivity contribution in [3.63, 3.8) is 0 Å². The van der Waals surface area contributed by atoms with Gasteiger partial charge in [0.2, 0.25) is 5.91 Å². The number of ether oxygens (including phenoxy) is 2. The summed E-state index contributed by atoms with van der Waals surface area (Å²) in [6, 6.07) is 18.7. The van der Waals surface area contributed by atoms with E-state index in [0.29, 0.717) is 46.7 Å². The number of carbonyl (C=O) groups excluding carboxylic acids is 1. The first-order valence-electron chi connectivity index (χ1n) is 11.7. The van der Waals surface area contributed by atoms with E-state index in [1.807, 2.05) is 6.07 Å². The summed E-state index contributed by atoms with van der Waals surface area (Å²) in [6.45, 7) is 0. The number of anilines is 5. The third kappa shape index (κ3) is 5.23. The van der Waals surface area contributed by atoms with Gasteiger partial charge in [0.1, 0.15) is 11.5 Å². The second kappa shape index (κ2) is 10.2. The highest BCUT2D eigenvalue weighted by molar-refractivity contribution is 7.81. The molecule has 1 heterocycles. The predicted molar refractivity (Wildman–Crippen MR) is 145 cm³/mol. The van der Waals surface area contributed by atoms with Crippen molar-refractivity contribution >= 4 is 56.9 Å². The molecular weight excluding hydrogens is 508 g/mol. The molecule has 0 saturated heterocycles. The fraction of sp³-hybridized carbons (Fsp3) is 0.192. The number of hydrogen-bond donors (Lipinski definition) is 3. The molecule has 3 aromatic carbocycles. The summed E-state index contributed by atoms with van der Waals surface area (Å²) in [4.78, 5) is 21.8. The Morgan fingerprint density at radius 1 is 0.974 bits per heavy atom. The van der Waals surface area contributed by atoms with Crippen molar-refractivity contribution in [3.05, 3.63) is 66.7 Å². The van der Waals surface area contributed by atoms with Crippen LogP contribution in [0.1, 0.15) is 12.8 Å². The molecule has 1 aliphatic carbocycles. The number of nitrogens with zero attached hydrogens (tertiary/aromatic N) is 3. The lowest BCUT2D eigenvalue weighted by Crippen LogP contribution is -2.37. The van der Waals surface area contributed by atoms with Crippen molar-refractivity contribution in [2.75, 3.05) is 29.2 Å². The van der Waals surface area contributed by atoms with Gasteiger partial charge >= 0.3 is 0 Å². The Morgan fingerprint density at radius 2 is 1.63 bits per heavy atom. The first-order chi connectivity index (χ1) is 18.3. The van der Waals surface area contributed by atoms with Crippen LogP contribution in [0.4, 0.5) is 28.7 Å². The van der Waals surface area contributed by atoms with Gasteiger partial charge in [-0.25, -0.2) is 9.97 Å². The minimum atomic E-state index is -2.80. The van der Waals surface area contributed by atoms with E-state index in [4.69, 9.17) is 15.2 Å². The van der Waals surface area contributed by atoms with Gasteiger partial charge in [-0.1, -0.05) is 18.2 Å². The average Bonchev–Trinajstić information content (AvgIpc) is 3.67. The van der Waals surface area contributed by atoms with Crippen molar-refractivity contribution < 1.29 is 23.0 Å². The SMILES string of the molecule is COc1cc(Nc2nc3ccccc3nc2N(c2cccc(NC(=O)C3(N)CC3)c2)S(=O)[O-])cc(OC)c1. The van der Waals surface area contributed by atoms with Gasteiger partial charge in [-0.15, -0.1) is 0 Å². The van der Waals surface area contributed by atoms with E-state index in [1.54, 1.807) is 54.6 Å². The van der Waals surface area contributed by atoms with Crippen LogP contribution in [0, 0.1) is 0 Å². The highest BCUT2D eigenvalue weighted by Gasteiger charge is 2.46. The van der Waals surface area contributed by atoms with Crippen LogP contribution in [0.2, 0.25) is 0 Å². The van der Waals surface area contributed by atoms with Gasteiger partial charge in [-0.3, -0.25) is 13.3 Å². The lowest BCUT2D eigenvalue weighted by atomic mass is 10.2. The maximum atomic E-state index is 12.6. The second-order valence-electron chi connectivity index (χ2n) is 8.78. The van der Waals surface area contributed by atoms with Gasteiger partial charge in [-0.2, -0.15) is 0 Å². The van der Waals surface area contributed by atoms with E-state index in [9.17, 15) is 13.6 Å². The third-order valence-corrected chi connectivity index (χ3v) is 6.77. The smallest absolute Gasteiger partial charge is 0.244 e. The zero-order chi connectivity index (χ0) is 26.9. The largest absolute Gasteiger partial charge is 0.755 e. The molecule has 38 heavy (non-hydrogen) atoms. The lowest BCUT2D eigenvalue weighted by Gasteiger charge is -2.27. The first-order valence-corrected chi connectivity index (χ1v) is 12.7. The van der Waals surface area contributed by atoms with Crippen molar-refractivity contribution in [2.45, 2.75) is 18.4 Å². The molecule has 4 N–H and O–H groups in total. The lowest BCUT2D eigenvalue weighted by molar-refractivity contribution is -0.118. The molecule has 1 aliphatic rings. The third-order valence-electron chi connectivity index (χ3n) is 6.09. The van der Waals surface area contributed by atoms with Gasteiger partial charge in [0.25, 0.3) is 0 Å². The Bertz CT molecular complexity index is 1520. The summed E-state index contributed by atoms with van der Waals surface area (Å²) in [5.74, 6) is 0.951. The second-order valence-corrected chi connectivity index (χ2v) is 9.58. The number of nitrogens with one attached hydrogen (secondary N) is 2. The molecule has 1 fully saturated rings. The number of fused-ring (bicyclic) bond motifs is 1. The Morgan fingerprint density at radius 3 is 2.24 bits per heavy atom. The van der Waals surface area contributed by atoms with Crippen molar-refractivity contribution in [1.82, 2.24) is 9.97 Å². The average molecular weight is 534 g/mol. The number of aromatic nitrogens is 2. The van der Waals surface area contributed by atoms with Crippen LogP contribution in [0.25, 0.3) is 11.0 Å². The summed E-state index contributed by atoms with van der Waals surface area (Å²) >= 11 is -2.80. The minimum Gasteiger partial charge on any atom is -0.755 e. The number of rotatable bonds is 9. The van der Waals surface area contributed by atoms with Gasteiger partial charge in [-0.05, 0) is 43.2 Å². The molecule has 196 valence electrons. The molecule has 1 atom stereocenters. The summed E-state index contributed by atoms with van der Waals surface area (Å²) < 4.78 is 37.0. The summed E-state index contributed by atoms with van der Waals surface area (Å²) in [5.41, 5.74) is 7.36. The highest BCUT2D eigenvalue weighted by Crippen LogP contribution is 2.37. The fourth-order valence-electron chi connectivity index (χ4n) is 3.84. The van der Waals surface area contributed by atoms with E-state index >= 15 is 0 Å². The maximum Gasteiger partial charge on any atom is 0.244 e. The van der Waals surface area contributed by atoms with Gasteiger partial charge in [0, 0.05) is 29.6 Å².